The first-order valence-corrected chi connectivity index (χ1v) is 19.7. The van der Waals surface area contributed by atoms with E-state index in [1.165, 1.54) is 13.2 Å². The van der Waals surface area contributed by atoms with Crippen molar-refractivity contribution in [3.63, 3.8) is 0 Å². The van der Waals surface area contributed by atoms with Crippen LogP contribution in [0.15, 0.2) is 12.2 Å². The van der Waals surface area contributed by atoms with Gasteiger partial charge >= 0.3 is 5.97 Å². The van der Waals surface area contributed by atoms with Gasteiger partial charge in [-0.05, 0) is 69.6 Å². The third-order valence-electron chi connectivity index (χ3n) is 12.5. The highest BCUT2D eigenvalue weighted by molar-refractivity contribution is 5.81. The second-order valence-corrected chi connectivity index (χ2v) is 16.2. The molecular formula is C37H60O18. The van der Waals surface area contributed by atoms with E-state index in [4.69, 9.17) is 33.2 Å². The molecule has 9 unspecified atom stereocenters. The summed E-state index contributed by atoms with van der Waals surface area (Å²) >= 11 is 0. The van der Waals surface area contributed by atoms with Gasteiger partial charge in [0.15, 0.2) is 12.6 Å². The zero-order valence-corrected chi connectivity index (χ0v) is 31.0. The van der Waals surface area contributed by atoms with Crippen LogP contribution in [-0.2, 0) is 38.0 Å². The number of aliphatic hydroxyl groups excluding tert-OH is 10. The fourth-order valence-corrected chi connectivity index (χ4v) is 9.20. The zero-order chi connectivity index (χ0) is 39.6. The number of hydrogen-bond donors (Lipinski definition) is 10. The largest absolute Gasteiger partial charge is 0.460 e. The molecular weight excluding hydrogens is 732 g/mol. The van der Waals surface area contributed by atoms with Crippen LogP contribution in [0, 0.1) is 17.8 Å². The molecule has 0 aromatic heterocycles. The van der Waals surface area contributed by atoms with E-state index in [-0.39, 0.29) is 37.2 Å². The van der Waals surface area contributed by atoms with Gasteiger partial charge in [-0.2, -0.15) is 0 Å². The first-order chi connectivity index (χ1) is 26.3. The van der Waals surface area contributed by atoms with Crippen LogP contribution < -0.4 is 0 Å². The molecule has 3 saturated carbocycles. The smallest absolute Gasteiger partial charge is 0.330 e. The molecule has 19 atom stereocenters. The number of esters is 1. The summed E-state index contributed by atoms with van der Waals surface area (Å²) < 4.78 is 41.4. The summed E-state index contributed by atoms with van der Waals surface area (Å²) in [6.07, 6.45) is -13.0. The SMILES string of the molecule is COC1CC(C=CC(=O)OC[C@H]2O[C@@H](OC3CC(O)CC4OC(C5CCC(O)CC5)C(O[C@@H]5O[C@H](CO)[C@H](O)[C@H](O)[C@H]5O)CC43)[C@H](O)[C@@H](O)[C@@H]2O)CCC1O. The monoisotopic (exact) mass is 792 g/mol. The Balaban J connectivity index is 1.13. The molecule has 0 amide bonds. The summed E-state index contributed by atoms with van der Waals surface area (Å²) in [6.45, 7) is -1.12. The molecule has 10 N–H and O–H groups in total. The normalized spacial score (nSPS) is 49.7. The van der Waals surface area contributed by atoms with E-state index in [1.807, 2.05) is 0 Å². The Morgan fingerprint density at radius 2 is 1.29 bits per heavy atom. The number of fused-ring (bicyclic) bond motifs is 1. The molecule has 6 fully saturated rings. The predicted molar refractivity (Wildman–Crippen MR) is 184 cm³/mol. The summed E-state index contributed by atoms with van der Waals surface area (Å²) in [7, 11) is 1.52. The van der Waals surface area contributed by atoms with Gasteiger partial charge in [0.25, 0.3) is 0 Å². The van der Waals surface area contributed by atoms with E-state index in [1.54, 1.807) is 6.08 Å². The molecule has 3 aliphatic heterocycles. The lowest BCUT2D eigenvalue weighted by atomic mass is 9.73. The minimum Gasteiger partial charge on any atom is -0.460 e. The van der Waals surface area contributed by atoms with Gasteiger partial charge in [-0.15, -0.1) is 0 Å². The summed E-state index contributed by atoms with van der Waals surface area (Å²) in [5.41, 5.74) is 0. The average Bonchev–Trinajstić information content (AvgIpc) is 3.17. The summed E-state index contributed by atoms with van der Waals surface area (Å²) in [5.74, 6) is -1.31. The predicted octanol–water partition coefficient (Wildman–Crippen LogP) is -2.88. The van der Waals surface area contributed by atoms with Crippen molar-refractivity contribution in [1.29, 1.82) is 0 Å². The third-order valence-corrected chi connectivity index (χ3v) is 12.5. The first-order valence-electron chi connectivity index (χ1n) is 19.7. The number of carbonyl (C=O) groups is 1. The van der Waals surface area contributed by atoms with E-state index >= 15 is 0 Å². The van der Waals surface area contributed by atoms with E-state index in [0.29, 0.717) is 44.9 Å². The molecule has 18 nitrogen and oxygen atoms in total. The molecule has 3 saturated heterocycles. The highest BCUT2D eigenvalue weighted by Gasteiger charge is 2.54. The molecule has 0 radical (unpaired) electrons. The van der Waals surface area contributed by atoms with Crippen molar-refractivity contribution < 1.29 is 89.0 Å². The van der Waals surface area contributed by atoms with E-state index in [2.05, 4.69) is 0 Å². The second kappa shape index (κ2) is 19.1. The molecule has 0 aromatic rings. The quantitative estimate of drug-likeness (QED) is 0.0743. The second-order valence-electron chi connectivity index (χ2n) is 16.2. The first kappa shape index (κ1) is 43.2. The van der Waals surface area contributed by atoms with Gasteiger partial charge in [0.1, 0.15) is 55.4 Å². The Morgan fingerprint density at radius 3 is 1.95 bits per heavy atom. The maximum Gasteiger partial charge on any atom is 0.330 e. The fourth-order valence-electron chi connectivity index (χ4n) is 9.20. The van der Waals surface area contributed by atoms with Crippen LogP contribution in [0.2, 0.25) is 0 Å². The van der Waals surface area contributed by atoms with E-state index < -0.39 is 129 Å². The zero-order valence-electron chi connectivity index (χ0n) is 31.0. The van der Waals surface area contributed by atoms with E-state index in [9.17, 15) is 55.9 Å². The van der Waals surface area contributed by atoms with Crippen LogP contribution in [-0.4, -0.2) is 188 Å². The van der Waals surface area contributed by atoms with Crippen LogP contribution in [0.3, 0.4) is 0 Å². The van der Waals surface area contributed by atoms with Crippen LogP contribution in [0.1, 0.15) is 64.2 Å². The molecule has 316 valence electrons. The van der Waals surface area contributed by atoms with Crippen molar-refractivity contribution in [1.82, 2.24) is 0 Å². The average molecular weight is 793 g/mol. The van der Waals surface area contributed by atoms with Gasteiger partial charge in [-0.25, -0.2) is 4.79 Å². The number of aliphatic hydroxyl groups is 10. The van der Waals surface area contributed by atoms with Crippen molar-refractivity contribution >= 4 is 5.97 Å². The van der Waals surface area contributed by atoms with Gasteiger partial charge in [-0.1, -0.05) is 6.08 Å². The molecule has 3 aliphatic carbocycles. The van der Waals surface area contributed by atoms with Crippen LogP contribution in [0.25, 0.3) is 0 Å². The highest BCUT2D eigenvalue weighted by atomic mass is 16.7. The Kier molecular flexibility index (Phi) is 15.0. The van der Waals surface area contributed by atoms with Crippen molar-refractivity contribution in [2.24, 2.45) is 17.8 Å². The fraction of sp³-hybridized carbons (Fsp3) is 0.919. The van der Waals surface area contributed by atoms with Gasteiger partial charge in [0, 0.05) is 25.5 Å². The van der Waals surface area contributed by atoms with Crippen molar-refractivity contribution in [3.8, 4) is 0 Å². The number of allylic oxidation sites excluding steroid dienone is 1. The lowest BCUT2D eigenvalue weighted by molar-refractivity contribution is -0.344. The summed E-state index contributed by atoms with van der Waals surface area (Å²) in [4.78, 5) is 12.6. The molecule has 0 bridgehead atoms. The Labute approximate surface area is 319 Å². The molecule has 55 heavy (non-hydrogen) atoms. The Hall–Kier alpha value is -1.43. The number of ether oxygens (including phenoxy) is 7. The van der Waals surface area contributed by atoms with Crippen molar-refractivity contribution in [3.05, 3.63) is 12.2 Å². The van der Waals surface area contributed by atoms with Gasteiger partial charge in [0.2, 0.25) is 0 Å². The number of rotatable bonds is 11. The highest BCUT2D eigenvalue weighted by Crippen LogP contribution is 2.45. The van der Waals surface area contributed by atoms with Crippen LogP contribution in [0.5, 0.6) is 0 Å². The van der Waals surface area contributed by atoms with Crippen molar-refractivity contribution in [2.75, 3.05) is 20.3 Å². The van der Waals surface area contributed by atoms with Crippen LogP contribution >= 0.6 is 0 Å². The lowest BCUT2D eigenvalue weighted by Crippen LogP contribution is -2.63. The minimum absolute atomic E-state index is 0.0151. The number of hydrogen-bond acceptors (Lipinski definition) is 18. The molecule has 18 heteroatoms. The number of carbonyl (C=O) groups excluding carboxylic acids is 1. The molecule has 6 aliphatic rings. The van der Waals surface area contributed by atoms with E-state index in [0.717, 1.165) is 0 Å². The lowest BCUT2D eigenvalue weighted by Gasteiger charge is -2.52. The maximum absolute atomic E-state index is 12.6. The topological polar surface area (TPSA) is 284 Å². The van der Waals surface area contributed by atoms with Gasteiger partial charge in [0.05, 0.1) is 55.4 Å². The van der Waals surface area contributed by atoms with Crippen molar-refractivity contribution in [2.45, 2.75) is 174 Å². The van der Waals surface area contributed by atoms with Crippen LogP contribution in [0.4, 0.5) is 0 Å². The maximum atomic E-state index is 12.6. The minimum atomic E-state index is -1.74. The Morgan fingerprint density at radius 1 is 0.655 bits per heavy atom. The van der Waals surface area contributed by atoms with Gasteiger partial charge < -0.3 is 84.2 Å². The Bertz CT molecular complexity index is 1250. The summed E-state index contributed by atoms with van der Waals surface area (Å²) in [5, 5.41) is 105. The third kappa shape index (κ3) is 10.1. The summed E-state index contributed by atoms with van der Waals surface area (Å²) in [6, 6.07) is 0. The molecule has 3 heterocycles. The molecule has 0 aromatic carbocycles. The standard InChI is InChI=1S/C37H60O18/c1-49-24-10-16(2-8-21(24)41)3-9-28(42)50-15-27-30(44)32(46)34(48)36(55-27)52-23-12-19(40)11-22-20(23)13-25(35(51-22)17-4-6-18(39)7-5-17)53-37-33(47)31(45)29(43)26(14-38)54-37/h3,9,16-27,29-41,43-48H,2,4-8,10-15H2,1H3/t16?,17?,18?,19?,20?,21?,22?,23?,24?,25?,26-,27-,29+,30-,31+,32+,33-,34-,35?,36-,37-/m1/s1. The van der Waals surface area contributed by atoms with Gasteiger partial charge in [-0.3, -0.25) is 0 Å². The molecule has 0 spiro atoms. The number of methoxy groups -OCH3 is 1. The molecule has 6 rings (SSSR count).